The number of carbonyl (C=O) groups excluding carboxylic acids is 1. The molecule has 3 atom stereocenters. The van der Waals surface area contributed by atoms with Crippen molar-refractivity contribution in [2.75, 3.05) is 6.54 Å². The quantitative estimate of drug-likeness (QED) is 0.584. The summed E-state index contributed by atoms with van der Waals surface area (Å²) < 4.78 is 0. The summed E-state index contributed by atoms with van der Waals surface area (Å²) in [6.07, 6.45) is 2.28. The topological polar surface area (TPSA) is 78.4 Å². The lowest BCUT2D eigenvalue weighted by molar-refractivity contribution is -0.141. The summed E-state index contributed by atoms with van der Waals surface area (Å²) in [5.74, 6) is -0.693. The van der Waals surface area contributed by atoms with E-state index in [4.69, 9.17) is 5.11 Å². The van der Waals surface area contributed by atoms with Crippen LogP contribution in [0.5, 0.6) is 0 Å². The fourth-order valence-corrected chi connectivity index (χ4v) is 1.49. The van der Waals surface area contributed by atoms with Crippen LogP contribution in [0.25, 0.3) is 0 Å². The number of carbonyl (C=O) groups is 2. The first-order valence-electron chi connectivity index (χ1n) is 6.65. The summed E-state index contributed by atoms with van der Waals surface area (Å²) in [6, 6.07) is -0.0290. The van der Waals surface area contributed by atoms with E-state index >= 15 is 0 Å². The fraction of sp³-hybridized carbons (Fsp3) is 0.846. The second-order valence-corrected chi connectivity index (χ2v) is 4.96. The minimum Gasteiger partial charge on any atom is -0.481 e. The van der Waals surface area contributed by atoms with E-state index in [0.29, 0.717) is 25.3 Å². The number of hydrogen-bond acceptors (Lipinski definition) is 2. The molecule has 0 aromatic heterocycles. The molecule has 0 aliphatic heterocycles. The van der Waals surface area contributed by atoms with Gasteiger partial charge in [-0.1, -0.05) is 27.2 Å². The first-order chi connectivity index (χ1) is 8.38. The van der Waals surface area contributed by atoms with Gasteiger partial charge in [-0.15, -0.1) is 0 Å². The average Bonchev–Trinajstić information content (AvgIpc) is 2.32. The van der Waals surface area contributed by atoms with Crippen molar-refractivity contribution in [1.82, 2.24) is 10.6 Å². The Morgan fingerprint density at radius 2 is 1.83 bits per heavy atom. The van der Waals surface area contributed by atoms with Gasteiger partial charge < -0.3 is 15.7 Å². The van der Waals surface area contributed by atoms with Crippen LogP contribution < -0.4 is 10.6 Å². The van der Waals surface area contributed by atoms with Gasteiger partial charge in [-0.25, -0.2) is 4.79 Å². The number of amides is 2. The normalized spacial score (nSPS) is 15.6. The molecule has 0 fully saturated rings. The van der Waals surface area contributed by atoms with E-state index in [1.807, 2.05) is 6.92 Å². The molecule has 5 heteroatoms. The van der Waals surface area contributed by atoms with Crippen molar-refractivity contribution >= 4 is 12.0 Å². The lowest BCUT2D eigenvalue weighted by atomic mass is 10.0. The number of hydrogen-bond donors (Lipinski definition) is 3. The molecule has 0 rings (SSSR count). The third-order valence-corrected chi connectivity index (χ3v) is 3.38. The van der Waals surface area contributed by atoms with E-state index < -0.39 is 5.97 Å². The molecule has 0 saturated heterocycles. The second kappa shape index (κ2) is 8.78. The number of aliphatic carboxylic acids is 1. The van der Waals surface area contributed by atoms with Crippen LogP contribution in [0.3, 0.4) is 0 Å². The van der Waals surface area contributed by atoms with Crippen LogP contribution in [0, 0.1) is 11.8 Å². The molecule has 2 amide bonds. The summed E-state index contributed by atoms with van der Waals surface area (Å²) in [6.45, 7) is 8.36. The van der Waals surface area contributed by atoms with Crippen molar-refractivity contribution in [3.8, 4) is 0 Å². The van der Waals surface area contributed by atoms with Crippen LogP contribution in [0.2, 0.25) is 0 Å². The molecule has 18 heavy (non-hydrogen) atoms. The fourth-order valence-electron chi connectivity index (χ4n) is 1.49. The molecule has 106 valence electrons. The van der Waals surface area contributed by atoms with Crippen molar-refractivity contribution in [1.29, 1.82) is 0 Å². The number of carboxylic acids is 1. The summed E-state index contributed by atoms with van der Waals surface area (Å²) in [5.41, 5.74) is 0. The molecule has 0 aliphatic carbocycles. The molecule has 0 aromatic carbocycles. The highest BCUT2D eigenvalue weighted by molar-refractivity contribution is 5.74. The minimum absolute atomic E-state index is 0.146. The zero-order chi connectivity index (χ0) is 14.1. The molecule has 0 saturated carbocycles. The molecular weight excluding hydrogens is 232 g/mol. The van der Waals surface area contributed by atoms with Crippen LogP contribution in [-0.2, 0) is 4.79 Å². The molecule has 3 unspecified atom stereocenters. The maximum Gasteiger partial charge on any atom is 0.315 e. The first kappa shape index (κ1) is 16.7. The summed E-state index contributed by atoms with van der Waals surface area (Å²) in [4.78, 5) is 22.1. The van der Waals surface area contributed by atoms with Gasteiger partial charge in [0.1, 0.15) is 0 Å². The number of rotatable bonds is 8. The maximum atomic E-state index is 11.5. The molecular formula is C13H26N2O3. The molecule has 3 N–H and O–H groups in total. The third kappa shape index (κ3) is 7.14. The van der Waals surface area contributed by atoms with Gasteiger partial charge in [0.2, 0.25) is 0 Å². The SMILES string of the molecule is CCC(C)C(C)NC(=O)NCCCC(C)C(=O)O. The van der Waals surface area contributed by atoms with Crippen molar-refractivity contribution in [2.45, 2.75) is 53.0 Å². The molecule has 0 heterocycles. The second-order valence-electron chi connectivity index (χ2n) is 4.96. The Kier molecular flexibility index (Phi) is 8.16. The van der Waals surface area contributed by atoms with Gasteiger partial charge in [0.05, 0.1) is 5.92 Å². The molecule has 0 bridgehead atoms. The van der Waals surface area contributed by atoms with Crippen LogP contribution in [0.15, 0.2) is 0 Å². The maximum absolute atomic E-state index is 11.5. The largest absolute Gasteiger partial charge is 0.481 e. The van der Waals surface area contributed by atoms with Gasteiger partial charge in [0, 0.05) is 12.6 Å². The summed E-state index contributed by atoms with van der Waals surface area (Å²) >= 11 is 0. The van der Waals surface area contributed by atoms with Crippen molar-refractivity contribution in [3.05, 3.63) is 0 Å². The Hall–Kier alpha value is -1.26. The van der Waals surface area contributed by atoms with Crippen LogP contribution >= 0.6 is 0 Å². The van der Waals surface area contributed by atoms with Gasteiger partial charge >= 0.3 is 12.0 Å². The third-order valence-electron chi connectivity index (χ3n) is 3.38. The average molecular weight is 258 g/mol. The van der Waals surface area contributed by atoms with Gasteiger partial charge in [-0.3, -0.25) is 4.79 Å². The zero-order valence-corrected chi connectivity index (χ0v) is 11.8. The lowest BCUT2D eigenvalue weighted by Crippen LogP contribution is -2.43. The number of carboxylic acid groups (broad SMARTS) is 1. The standard InChI is InChI=1S/C13H26N2O3/c1-5-9(2)11(4)15-13(18)14-8-6-7-10(3)12(16)17/h9-11H,5-8H2,1-4H3,(H,16,17)(H2,14,15,18). The summed E-state index contributed by atoms with van der Waals surface area (Å²) in [5, 5.41) is 14.3. The van der Waals surface area contributed by atoms with Gasteiger partial charge in [0.15, 0.2) is 0 Å². The highest BCUT2D eigenvalue weighted by Gasteiger charge is 2.13. The zero-order valence-electron chi connectivity index (χ0n) is 11.8. The predicted molar refractivity (Wildman–Crippen MR) is 71.5 cm³/mol. The molecule has 0 radical (unpaired) electrons. The van der Waals surface area contributed by atoms with E-state index in [0.717, 1.165) is 6.42 Å². The Morgan fingerprint density at radius 1 is 1.22 bits per heavy atom. The smallest absolute Gasteiger partial charge is 0.315 e. The van der Waals surface area contributed by atoms with E-state index in [2.05, 4.69) is 24.5 Å². The van der Waals surface area contributed by atoms with Gasteiger partial charge in [0.25, 0.3) is 0 Å². The van der Waals surface area contributed by atoms with Crippen molar-refractivity contribution in [2.24, 2.45) is 11.8 Å². The Labute approximate surface area is 109 Å². The van der Waals surface area contributed by atoms with E-state index in [9.17, 15) is 9.59 Å². The van der Waals surface area contributed by atoms with Crippen LogP contribution in [-0.4, -0.2) is 29.7 Å². The Morgan fingerprint density at radius 3 is 2.33 bits per heavy atom. The van der Waals surface area contributed by atoms with Gasteiger partial charge in [-0.2, -0.15) is 0 Å². The molecule has 0 aromatic rings. The summed E-state index contributed by atoms with van der Waals surface area (Å²) in [7, 11) is 0. The van der Waals surface area contributed by atoms with Crippen molar-refractivity contribution < 1.29 is 14.7 Å². The Bertz CT molecular complexity index is 269. The van der Waals surface area contributed by atoms with E-state index in [1.165, 1.54) is 0 Å². The minimum atomic E-state index is -0.787. The molecule has 0 spiro atoms. The van der Waals surface area contributed by atoms with E-state index in [-0.39, 0.29) is 18.0 Å². The Balaban J connectivity index is 3.69. The van der Waals surface area contributed by atoms with Crippen molar-refractivity contribution in [3.63, 3.8) is 0 Å². The predicted octanol–water partition coefficient (Wildman–Crippen LogP) is 2.22. The van der Waals surface area contributed by atoms with Crippen LogP contribution in [0.4, 0.5) is 4.79 Å². The highest BCUT2D eigenvalue weighted by atomic mass is 16.4. The van der Waals surface area contributed by atoms with Crippen LogP contribution in [0.1, 0.15) is 47.0 Å². The van der Waals surface area contributed by atoms with Gasteiger partial charge in [-0.05, 0) is 25.7 Å². The number of urea groups is 1. The van der Waals surface area contributed by atoms with E-state index in [1.54, 1.807) is 6.92 Å². The molecule has 0 aliphatic rings. The number of nitrogens with one attached hydrogen (secondary N) is 2. The molecule has 5 nitrogen and oxygen atoms in total. The highest BCUT2D eigenvalue weighted by Crippen LogP contribution is 2.06. The first-order valence-corrected chi connectivity index (χ1v) is 6.65. The lowest BCUT2D eigenvalue weighted by Gasteiger charge is -2.20. The monoisotopic (exact) mass is 258 g/mol.